The lowest BCUT2D eigenvalue weighted by Gasteiger charge is -2.22. The van der Waals surface area contributed by atoms with Crippen molar-refractivity contribution in [2.24, 2.45) is 0 Å². The van der Waals surface area contributed by atoms with Gasteiger partial charge in [0.05, 0.1) is 25.4 Å². The number of carbonyl (C=O) groups excluding carboxylic acids is 2. The average molecular weight is 921 g/mol. The van der Waals surface area contributed by atoms with Crippen molar-refractivity contribution in [2.75, 3.05) is 13.2 Å². The number of nitrogens with one attached hydrogen (secondary N) is 1. The van der Waals surface area contributed by atoms with Crippen molar-refractivity contribution in [1.29, 1.82) is 0 Å². The molecule has 0 aromatic heterocycles. The number of unbranched alkanes of at least 4 members (excludes halogenated alkanes) is 45. The van der Waals surface area contributed by atoms with Crippen LogP contribution in [-0.2, 0) is 14.3 Å². The van der Waals surface area contributed by atoms with Crippen LogP contribution in [0.3, 0.4) is 0 Å². The molecule has 0 aliphatic carbocycles. The lowest BCUT2D eigenvalue weighted by atomic mass is 10.0. The van der Waals surface area contributed by atoms with Crippen LogP contribution in [-0.4, -0.2) is 47.4 Å². The van der Waals surface area contributed by atoms with Crippen molar-refractivity contribution < 1.29 is 24.5 Å². The summed E-state index contributed by atoms with van der Waals surface area (Å²) in [7, 11) is 0. The van der Waals surface area contributed by atoms with Crippen molar-refractivity contribution in [3.8, 4) is 0 Å². The number of rotatable bonds is 56. The number of aliphatic hydroxyl groups excluding tert-OH is 2. The molecule has 0 aliphatic rings. The Morgan fingerprint density at radius 1 is 0.369 bits per heavy atom. The number of aliphatic hydroxyl groups is 2. The van der Waals surface area contributed by atoms with E-state index >= 15 is 0 Å². The predicted molar refractivity (Wildman–Crippen MR) is 283 cm³/mol. The first-order valence-corrected chi connectivity index (χ1v) is 29.8. The van der Waals surface area contributed by atoms with E-state index in [9.17, 15) is 19.8 Å². The Hall–Kier alpha value is -1.14. The number of hydrogen-bond acceptors (Lipinski definition) is 5. The summed E-state index contributed by atoms with van der Waals surface area (Å²) in [5, 5.41) is 23.3. The smallest absolute Gasteiger partial charge is 0.305 e. The van der Waals surface area contributed by atoms with E-state index < -0.39 is 12.1 Å². The molecule has 0 heterocycles. The van der Waals surface area contributed by atoms with Gasteiger partial charge in [-0.25, -0.2) is 0 Å². The van der Waals surface area contributed by atoms with E-state index in [0.29, 0.717) is 25.9 Å². The van der Waals surface area contributed by atoms with Gasteiger partial charge < -0.3 is 20.3 Å². The topological polar surface area (TPSA) is 95.9 Å². The lowest BCUT2D eigenvalue weighted by Crippen LogP contribution is -2.45. The second kappa shape index (κ2) is 55.5. The molecule has 1 amide bonds. The summed E-state index contributed by atoms with van der Waals surface area (Å²) in [5.41, 5.74) is 0. The zero-order valence-electron chi connectivity index (χ0n) is 44.3. The highest BCUT2D eigenvalue weighted by atomic mass is 16.5. The Bertz CT molecular complexity index is 928. The Morgan fingerprint density at radius 2 is 0.631 bits per heavy atom. The highest BCUT2D eigenvalue weighted by Crippen LogP contribution is 2.18. The summed E-state index contributed by atoms with van der Waals surface area (Å²) < 4.78 is 5.46. The van der Waals surface area contributed by atoms with Crippen LogP contribution in [0.2, 0.25) is 0 Å². The van der Waals surface area contributed by atoms with Crippen LogP contribution in [0.1, 0.15) is 341 Å². The summed E-state index contributed by atoms with van der Waals surface area (Å²) in [6, 6.07) is -0.540. The molecular formula is C59H117NO5. The van der Waals surface area contributed by atoms with E-state index in [-0.39, 0.29) is 18.5 Å². The maximum Gasteiger partial charge on any atom is 0.305 e. The van der Waals surface area contributed by atoms with Gasteiger partial charge in [-0.2, -0.15) is 0 Å². The van der Waals surface area contributed by atoms with Crippen LogP contribution < -0.4 is 5.32 Å². The van der Waals surface area contributed by atoms with Gasteiger partial charge in [0.25, 0.3) is 0 Å². The van der Waals surface area contributed by atoms with Crippen molar-refractivity contribution >= 4 is 11.9 Å². The van der Waals surface area contributed by atoms with Gasteiger partial charge in [-0.15, -0.1) is 0 Å². The molecule has 2 unspecified atom stereocenters. The summed E-state index contributed by atoms with van der Waals surface area (Å²) in [6.45, 7) is 4.97. The van der Waals surface area contributed by atoms with Gasteiger partial charge in [0.2, 0.25) is 5.91 Å². The molecule has 0 rings (SSSR count). The number of hydrogen-bond donors (Lipinski definition) is 3. The van der Waals surface area contributed by atoms with Gasteiger partial charge in [0.1, 0.15) is 0 Å². The fourth-order valence-electron chi connectivity index (χ4n) is 9.58. The first kappa shape index (κ1) is 63.9. The number of carbonyl (C=O) groups is 2. The molecule has 0 saturated carbocycles. The van der Waals surface area contributed by atoms with Gasteiger partial charge in [-0.3, -0.25) is 9.59 Å². The third-order valence-electron chi connectivity index (χ3n) is 14.2. The quantitative estimate of drug-likeness (QED) is 0.0417. The largest absolute Gasteiger partial charge is 0.466 e. The van der Waals surface area contributed by atoms with Gasteiger partial charge >= 0.3 is 5.97 Å². The van der Waals surface area contributed by atoms with Crippen LogP contribution in [0.15, 0.2) is 0 Å². The monoisotopic (exact) mass is 920 g/mol. The summed E-state index contributed by atoms with van der Waals surface area (Å²) >= 11 is 0. The molecule has 0 bridgehead atoms. The molecule has 0 saturated heterocycles. The van der Waals surface area contributed by atoms with E-state index in [1.165, 1.54) is 270 Å². The summed E-state index contributed by atoms with van der Waals surface area (Å²) in [6.07, 6.45) is 63.8. The SMILES string of the molecule is CCCCCCCCCCCCCCCCCCC(O)C(CO)NC(=O)CCCCCCCCCCCCCCCCCCCCCCCOC(=O)CCCCCCCCCCCCC. The van der Waals surface area contributed by atoms with Crippen LogP contribution in [0, 0.1) is 0 Å². The second-order valence-electron chi connectivity index (χ2n) is 20.7. The zero-order valence-corrected chi connectivity index (χ0v) is 44.3. The van der Waals surface area contributed by atoms with Crippen LogP contribution in [0.4, 0.5) is 0 Å². The molecule has 6 heteroatoms. The maximum atomic E-state index is 12.5. The van der Waals surface area contributed by atoms with Gasteiger partial charge in [-0.05, 0) is 25.7 Å². The molecule has 0 spiro atoms. The Labute approximate surface area is 406 Å². The fourth-order valence-corrected chi connectivity index (χ4v) is 9.58. The summed E-state index contributed by atoms with van der Waals surface area (Å²) in [4.78, 5) is 24.5. The Morgan fingerprint density at radius 3 is 0.938 bits per heavy atom. The average Bonchev–Trinajstić information content (AvgIpc) is 3.31. The van der Waals surface area contributed by atoms with Crippen molar-refractivity contribution in [3.63, 3.8) is 0 Å². The molecule has 0 fully saturated rings. The van der Waals surface area contributed by atoms with E-state index in [0.717, 1.165) is 38.5 Å². The van der Waals surface area contributed by atoms with Gasteiger partial charge in [0.15, 0.2) is 0 Å². The Balaban J connectivity index is 3.38. The summed E-state index contributed by atoms with van der Waals surface area (Å²) in [5.74, 6) is -0.0202. The van der Waals surface area contributed by atoms with Gasteiger partial charge in [-0.1, -0.05) is 303 Å². The third kappa shape index (κ3) is 52.1. The van der Waals surface area contributed by atoms with Crippen molar-refractivity contribution in [1.82, 2.24) is 5.32 Å². The molecule has 388 valence electrons. The lowest BCUT2D eigenvalue weighted by molar-refractivity contribution is -0.143. The van der Waals surface area contributed by atoms with Crippen LogP contribution >= 0.6 is 0 Å². The van der Waals surface area contributed by atoms with E-state index in [4.69, 9.17) is 4.74 Å². The standard InChI is InChI=1S/C59H117NO5/c1-3-5-7-9-11-13-15-16-17-25-28-32-35-39-43-47-51-57(62)56(55-61)60-58(63)52-48-44-40-36-33-29-26-23-21-19-18-20-22-24-27-30-34-38-42-46-50-54-65-59(64)53-49-45-41-37-31-14-12-10-8-6-4-2/h56-57,61-62H,3-55H2,1-2H3,(H,60,63). The van der Waals surface area contributed by atoms with Crippen molar-refractivity contribution in [3.05, 3.63) is 0 Å². The molecule has 0 aliphatic heterocycles. The molecule has 0 radical (unpaired) electrons. The molecule has 6 nitrogen and oxygen atoms in total. The van der Waals surface area contributed by atoms with E-state index in [2.05, 4.69) is 19.2 Å². The molecule has 0 aromatic rings. The van der Waals surface area contributed by atoms with E-state index in [1.807, 2.05) is 0 Å². The Kier molecular flexibility index (Phi) is 54.5. The highest BCUT2D eigenvalue weighted by Gasteiger charge is 2.20. The fraction of sp³-hybridized carbons (Fsp3) is 0.966. The number of esters is 1. The zero-order chi connectivity index (χ0) is 47.2. The first-order valence-electron chi connectivity index (χ1n) is 29.8. The van der Waals surface area contributed by atoms with Crippen LogP contribution in [0.5, 0.6) is 0 Å². The minimum absolute atomic E-state index is 0.0126. The minimum Gasteiger partial charge on any atom is -0.466 e. The number of amides is 1. The third-order valence-corrected chi connectivity index (χ3v) is 14.2. The number of ether oxygens (including phenoxy) is 1. The predicted octanol–water partition coefficient (Wildman–Crippen LogP) is 18.3. The normalized spacial score (nSPS) is 12.5. The van der Waals surface area contributed by atoms with Gasteiger partial charge in [0, 0.05) is 12.8 Å². The molecular weight excluding hydrogens is 803 g/mol. The molecule has 0 aromatic carbocycles. The first-order chi connectivity index (χ1) is 32.0. The molecule has 2 atom stereocenters. The highest BCUT2D eigenvalue weighted by molar-refractivity contribution is 5.76. The molecule has 3 N–H and O–H groups in total. The van der Waals surface area contributed by atoms with Crippen LogP contribution in [0.25, 0.3) is 0 Å². The van der Waals surface area contributed by atoms with Crippen molar-refractivity contribution in [2.45, 2.75) is 353 Å². The minimum atomic E-state index is -0.663. The van der Waals surface area contributed by atoms with E-state index in [1.54, 1.807) is 0 Å². The second-order valence-corrected chi connectivity index (χ2v) is 20.7. The maximum absolute atomic E-state index is 12.5. The molecule has 65 heavy (non-hydrogen) atoms.